The second-order valence-corrected chi connectivity index (χ2v) is 9.00. The van der Waals surface area contributed by atoms with Crippen molar-refractivity contribution in [3.8, 4) is 17.1 Å². The molecule has 164 valence electrons. The Balaban J connectivity index is 1.59. The first-order valence-electron chi connectivity index (χ1n) is 10.3. The van der Waals surface area contributed by atoms with Crippen LogP contribution < -0.4 is 5.63 Å². The molecule has 0 amide bonds. The number of fused-ring (bicyclic) bond motifs is 1. The van der Waals surface area contributed by atoms with Gasteiger partial charge < -0.3 is 4.42 Å². The number of halogens is 1. The van der Waals surface area contributed by atoms with Crippen molar-refractivity contribution in [3.05, 3.63) is 99.1 Å². The summed E-state index contributed by atoms with van der Waals surface area (Å²) >= 11 is 7.85. The molecule has 0 fully saturated rings. The van der Waals surface area contributed by atoms with Crippen molar-refractivity contribution in [1.29, 1.82) is 0 Å². The van der Waals surface area contributed by atoms with Gasteiger partial charge in [-0.15, -0.1) is 10.2 Å². The van der Waals surface area contributed by atoms with Crippen molar-refractivity contribution in [2.24, 2.45) is 0 Å². The first-order valence-corrected chi connectivity index (χ1v) is 11.6. The van der Waals surface area contributed by atoms with Crippen LogP contribution in [0.1, 0.15) is 16.7 Å². The molecule has 0 aliphatic heterocycles. The second-order valence-electron chi connectivity index (χ2n) is 7.65. The highest BCUT2D eigenvalue weighted by atomic mass is 35.5. The Bertz CT molecular complexity index is 1530. The molecule has 0 atom stereocenters. The largest absolute Gasteiger partial charge is 0.423 e. The number of aryl methyl sites for hydroxylation is 2. The zero-order valence-electron chi connectivity index (χ0n) is 17.9. The minimum absolute atomic E-state index is 0.392. The summed E-state index contributed by atoms with van der Waals surface area (Å²) in [7, 11) is 0. The van der Waals surface area contributed by atoms with Crippen molar-refractivity contribution in [1.82, 2.24) is 19.7 Å². The van der Waals surface area contributed by atoms with Gasteiger partial charge in [-0.3, -0.25) is 9.55 Å². The Morgan fingerprint density at radius 2 is 1.88 bits per heavy atom. The number of nitrogens with zero attached hydrogens (tertiary/aromatic N) is 4. The number of thioether (sulfide) groups is 1. The van der Waals surface area contributed by atoms with E-state index in [9.17, 15) is 4.79 Å². The molecule has 0 unspecified atom stereocenters. The Morgan fingerprint density at radius 3 is 2.67 bits per heavy atom. The summed E-state index contributed by atoms with van der Waals surface area (Å²) in [6.45, 7) is 3.94. The Hall–Kier alpha value is -3.42. The standard InChI is InChI=1S/C25H19ClN4O2S/c1-15-6-3-4-8-21(15)30-24(17-7-5-9-27-13-17)28-29-25(30)33-14-18-11-23(31)32-22-10-16(2)20(26)12-19(18)22/h3-13H,14H2,1-2H3. The summed E-state index contributed by atoms with van der Waals surface area (Å²) in [5.74, 6) is 1.20. The molecule has 3 aromatic heterocycles. The highest BCUT2D eigenvalue weighted by Gasteiger charge is 2.18. The van der Waals surface area contributed by atoms with E-state index in [1.165, 1.54) is 17.8 Å². The Morgan fingerprint density at radius 1 is 1.03 bits per heavy atom. The van der Waals surface area contributed by atoms with Crippen LogP contribution >= 0.6 is 23.4 Å². The smallest absolute Gasteiger partial charge is 0.336 e. The highest BCUT2D eigenvalue weighted by Crippen LogP contribution is 2.33. The number of hydrogen-bond donors (Lipinski definition) is 0. The lowest BCUT2D eigenvalue weighted by Crippen LogP contribution is -2.03. The number of benzene rings is 2. The van der Waals surface area contributed by atoms with E-state index in [1.807, 2.05) is 47.9 Å². The molecular weight excluding hydrogens is 456 g/mol. The molecule has 0 N–H and O–H groups in total. The van der Waals surface area contributed by atoms with Crippen LogP contribution in [0.3, 0.4) is 0 Å². The molecule has 0 saturated carbocycles. The molecule has 6 nitrogen and oxygen atoms in total. The molecule has 0 radical (unpaired) electrons. The first kappa shape index (κ1) is 21.4. The fraction of sp³-hybridized carbons (Fsp3) is 0.120. The first-order chi connectivity index (χ1) is 16.0. The molecule has 5 rings (SSSR count). The number of rotatable bonds is 5. The quantitative estimate of drug-likeness (QED) is 0.230. The van der Waals surface area contributed by atoms with Crippen LogP contribution in [0.25, 0.3) is 28.0 Å². The van der Waals surface area contributed by atoms with E-state index in [0.29, 0.717) is 27.3 Å². The topological polar surface area (TPSA) is 73.8 Å². The van der Waals surface area contributed by atoms with Crippen LogP contribution in [0.15, 0.2) is 81.4 Å². The maximum atomic E-state index is 12.2. The van der Waals surface area contributed by atoms with Crippen molar-refractivity contribution < 1.29 is 4.42 Å². The van der Waals surface area contributed by atoms with E-state index in [-0.39, 0.29) is 0 Å². The molecule has 0 aliphatic rings. The van der Waals surface area contributed by atoms with E-state index < -0.39 is 5.63 Å². The van der Waals surface area contributed by atoms with Gasteiger partial charge in [0, 0.05) is 40.2 Å². The fourth-order valence-electron chi connectivity index (χ4n) is 3.69. The van der Waals surface area contributed by atoms with Gasteiger partial charge in [-0.25, -0.2) is 4.79 Å². The summed E-state index contributed by atoms with van der Waals surface area (Å²) in [6.07, 6.45) is 3.50. The summed E-state index contributed by atoms with van der Waals surface area (Å²) in [5, 5.41) is 11.1. The van der Waals surface area contributed by atoms with Gasteiger partial charge in [0.05, 0.1) is 5.69 Å². The zero-order chi connectivity index (χ0) is 22.9. The van der Waals surface area contributed by atoms with Gasteiger partial charge in [0.2, 0.25) is 0 Å². The number of para-hydroxylation sites is 1. The molecule has 3 heterocycles. The van der Waals surface area contributed by atoms with Gasteiger partial charge in [-0.1, -0.05) is 41.6 Å². The molecule has 0 saturated heterocycles. The Kier molecular flexibility index (Phi) is 5.74. The summed E-state index contributed by atoms with van der Waals surface area (Å²) < 4.78 is 7.43. The molecule has 0 aliphatic carbocycles. The van der Waals surface area contributed by atoms with E-state index in [4.69, 9.17) is 16.0 Å². The normalized spacial score (nSPS) is 11.2. The van der Waals surface area contributed by atoms with Gasteiger partial charge in [0.25, 0.3) is 0 Å². The van der Waals surface area contributed by atoms with Crippen molar-refractivity contribution in [3.63, 3.8) is 0 Å². The summed E-state index contributed by atoms with van der Waals surface area (Å²) in [4.78, 5) is 16.4. The average Bonchev–Trinajstić information content (AvgIpc) is 3.23. The molecule has 0 bridgehead atoms. The third kappa shape index (κ3) is 4.17. The minimum Gasteiger partial charge on any atom is -0.423 e. The predicted molar refractivity (Wildman–Crippen MR) is 131 cm³/mol. The van der Waals surface area contributed by atoms with Gasteiger partial charge >= 0.3 is 5.63 Å². The number of pyridine rings is 1. The van der Waals surface area contributed by atoms with Crippen molar-refractivity contribution in [2.45, 2.75) is 24.8 Å². The number of aromatic nitrogens is 4. The van der Waals surface area contributed by atoms with Gasteiger partial charge in [0.1, 0.15) is 5.58 Å². The highest BCUT2D eigenvalue weighted by molar-refractivity contribution is 7.98. The van der Waals surface area contributed by atoms with Crippen LogP contribution in [0.5, 0.6) is 0 Å². The maximum Gasteiger partial charge on any atom is 0.336 e. The fourth-order valence-corrected chi connectivity index (χ4v) is 4.79. The second kappa shape index (κ2) is 8.84. The number of hydrogen-bond acceptors (Lipinski definition) is 6. The monoisotopic (exact) mass is 474 g/mol. The van der Waals surface area contributed by atoms with Gasteiger partial charge in [0.15, 0.2) is 11.0 Å². The lowest BCUT2D eigenvalue weighted by atomic mass is 10.1. The maximum absolute atomic E-state index is 12.2. The minimum atomic E-state index is -0.392. The summed E-state index contributed by atoms with van der Waals surface area (Å²) in [5.41, 5.74) is 4.77. The molecule has 0 spiro atoms. The molecule has 33 heavy (non-hydrogen) atoms. The van der Waals surface area contributed by atoms with Crippen LogP contribution in [0.4, 0.5) is 0 Å². The molecular formula is C25H19ClN4O2S. The van der Waals surface area contributed by atoms with E-state index in [1.54, 1.807) is 18.5 Å². The molecule has 2 aromatic carbocycles. The van der Waals surface area contributed by atoms with Crippen LogP contribution in [-0.2, 0) is 5.75 Å². The van der Waals surface area contributed by atoms with Crippen LogP contribution in [0.2, 0.25) is 5.02 Å². The van der Waals surface area contributed by atoms with Gasteiger partial charge in [-0.05, 0) is 60.9 Å². The summed E-state index contributed by atoms with van der Waals surface area (Å²) in [6, 6.07) is 17.1. The third-order valence-corrected chi connectivity index (χ3v) is 6.76. The molecule has 5 aromatic rings. The Labute approximate surface area is 199 Å². The van der Waals surface area contributed by atoms with Crippen LogP contribution in [0, 0.1) is 13.8 Å². The lowest BCUT2D eigenvalue weighted by Gasteiger charge is -2.13. The lowest BCUT2D eigenvalue weighted by molar-refractivity contribution is 0.559. The van der Waals surface area contributed by atoms with Gasteiger partial charge in [-0.2, -0.15) is 0 Å². The average molecular weight is 475 g/mol. The van der Waals surface area contributed by atoms with E-state index >= 15 is 0 Å². The SMILES string of the molecule is Cc1cc2oc(=O)cc(CSc3nnc(-c4cccnc4)n3-c3ccccc3C)c2cc1Cl. The predicted octanol–water partition coefficient (Wildman–Crippen LogP) is 6.00. The zero-order valence-corrected chi connectivity index (χ0v) is 19.5. The van der Waals surface area contributed by atoms with Crippen molar-refractivity contribution in [2.75, 3.05) is 0 Å². The van der Waals surface area contributed by atoms with E-state index in [0.717, 1.165) is 33.3 Å². The third-order valence-electron chi connectivity index (χ3n) is 5.38. The van der Waals surface area contributed by atoms with Crippen molar-refractivity contribution >= 4 is 34.3 Å². The van der Waals surface area contributed by atoms with E-state index in [2.05, 4.69) is 28.2 Å². The molecule has 8 heteroatoms. The van der Waals surface area contributed by atoms with Crippen LogP contribution in [-0.4, -0.2) is 19.7 Å².